The number of piperidine rings is 1. The number of ether oxygens (including phenoxy) is 1. The van der Waals surface area contributed by atoms with Crippen LogP contribution in [0.5, 0.6) is 0 Å². The molecule has 0 bridgehead atoms. The van der Waals surface area contributed by atoms with Crippen LogP contribution in [0.2, 0.25) is 0 Å². The minimum Gasteiger partial charge on any atom is -0.478 e. The van der Waals surface area contributed by atoms with Gasteiger partial charge in [-0.05, 0) is 37.8 Å². The number of hydrogen-bond donors (Lipinski definition) is 2. The summed E-state index contributed by atoms with van der Waals surface area (Å²) in [5, 5.41) is 12.8. The quantitative estimate of drug-likeness (QED) is 0.770. The third-order valence-corrected chi connectivity index (χ3v) is 8.18. The van der Waals surface area contributed by atoms with E-state index in [2.05, 4.69) is 5.32 Å². The molecule has 3 rings (SSSR count). The first-order chi connectivity index (χ1) is 11.9. The molecular weight excluding hydrogens is 364 g/mol. The van der Waals surface area contributed by atoms with E-state index >= 15 is 0 Å². The number of fused-ring (bicyclic) bond motifs is 1. The second-order valence-corrected chi connectivity index (χ2v) is 9.63. The number of nitrogens with zero attached hydrogens (tertiary/aromatic N) is 1. The van der Waals surface area contributed by atoms with E-state index in [4.69, 9.17) is 4.74 Å². The molecule has 2 aliphatic rings. The Morgan fingerprint density at radius 3 is 3.00 bits per heavy atom. The third kappa shape index (κ3) is 3.75. The van der Waals surface area contributed by atoms with E-state index in [0.717, 1.165) is 35.5 Å². The van der Waals surface area contributed by atoms with Crippen LogP contribution in [0.3, 0.4) is 0 Å². The van der Waals surface area contributed by atoms with Crippen molar-refractivity contribution < 1.29 is 23.1 Å². The van der Waals surface area contributed by atoms with Crippen LogP contribution in [0.4, 0.5) is 0 Å². The van der Waals surface area contributed by atoms with E-state index in [1.54, 1.807) is 0 Å². The number of carboxylic acids is 1. The fraction of sp³-hybridized carbons (Fsp3) is 0.688. The van der Waals surface area contributed by atoms with Crippen molar-refractivity contribution in [1.82, 2.24) is 9.62 Å². The smallest absolute Gasteiger partial charge is 0.338 e. The number of carbonyl (C=O) groups is 1. The van der Waals surface area contributed by atoms with Crippen molar-refractivity contribution >= 4 is 27.3 Å². The van der Waals surface area contributed by atoms with Crippen LogP contribution in [0.15, 0.2) is 4.21 Å². The number of rotatable bonds is 6. The fourth-order valence-corrected chi connectivity index (χ4v) is 6.88. The van der Waals surface area contributed by atoms with Gasteiger partial charge >= 0.3 is 5.97 Å². The van der Waals surface area contributed by atoms with Gasteiger partial charge in [-0.3, -0.25) is 0 Å². The molecule has 9 heteroatoms. The summed E-state index contributed by atoms with van der Waals surface area (Å²) in [4.78, 5) is 12.6. The molecule has 1 aromatic heterocycles. The summed E-state index contributed by atoms with van der Waals surface area (Å²) in [6.07, 6.45) is 2.88. The Labute approximate surface area is 152 Å². The summed E-state index contributed by atoms with van der Waals surface area (Å²) in [6, 6.07) is 0. The van der Waals surface area contributed by atoms with Gasteiger partial charge in [0.1, 0.15) is 4.21 Å². The number of thiophene rings is 1. The first-order valence-electron chi connectivity index (χ1n) is 8.65. The summed E-state index contributed by atoms with van der Waals surface area (Å²) >= 11 is 1.10. The lowest BCUT2D eigenvalue weighted by Gasteiger charge is -2.31. The lowest BCUT2D eigenvalue weighted by atomic mass is 10.1. The van der Waals surface area contributed by atoms with Crippen LogP contribution in [-0.4, -0.2) is 56.1 Å². The number of sulfonamides is 1. The SMILES string of the molecule is CCCO[C@@H]1CCCN(S(=O)(=O)c2sc3c(c2C(=O)O)CCNC3)C1. The molecule has 1 fully saturated rings. The summed E-state index contributed by atoms with van der Waals surface area (Å²) < 4.78 is 33.4. The van der Waals surface area contributed by atoms with E-state index in [-0.39, 0.29) is 15.9 Å². The predicted molar refractivity (Wildman–Crippen MR) is 94.7 cm³/mol. The molecule has 25 heavy (non-hydrogen) atoms. The summed E-state index contributed by atoms with van der Waals surface area (Å²) in [5.74, 6) is -1.16. The van der Waals surface area contributed by atoms with Crippen LogP contribution in [0, 0.1) is 0 Å². The van der Waals surface area contributed by atoms with E-state index in [0.29, 0.717) is 44.8 Å². The first kappa shape index (κ1) is 18.8. The molecule has 0 aromatic carbocycles. The van der Waals surface area contributed by atoms with Gasteiger partial charge in [0.2, 0.25) is 0 Å². The fourth-order valence-electron chi connectivity index (χ4n) is 3.37. The first-order valence-corrected chi connectivity index (χ1v) is 10.9. The normalized spacial score (nSPS) is 21.9. The van der Waals surface area contributed by atoms with E-state index in [1.165, 1.54) is 4.31 Å². The molecule has 1 atom stereocenters. The van der Waals surface area contributed by atoms with Crippen molar-refractivity contribution in [2.45, 2.75) is 49.5 Å². The highest BCUT2D eigenvalue weighted by Crippen LogP contribution is 2.36. The van der Waals surface area contributed by atoms with Gasteiger partial charge < -0.3 is 15.2 Å². The zero-order valence-electron chi connectivity index (χ0n) is 14.3. The number of nitrogens with one attached hydrogen (secondary N) is 1. The van der Waals surface area contributed by atoms with Gasteiger partial charge in [0.15, 0.2) is 0 Å². The molecule has 0 radical (unpaired) electrons. The largest absolute Gasteiger partial charge is 0.478 e. The molecular formula is C16H24N2O5S2. The zero-order chi connectivity index (χ0) is 18.0. The molecule has 3 heterocycles. The highest BCUT2D eigenvalue weighted by molar-refractivity contribution is 7.91. The molecule has 0 saturated carbocycles. The van der Waals surface area contributed by atoms with E-state index in [1.807, 2.05) is 6.92 Å². The van der Waals surface area contributed by atoms with Gasteiger partial charge in [0.05, 0.1) is 11.7 Å². The minimum atomic E-state index is -3.83. The Bertz CT molecular complexity index is 744. The van der Waals surface area contributed by atoms with E-state index < -0.39 is 16.0 Å². The standard InChI is InChI=1S/C16H24N2O5S2/c1-2-8-23-11-4-3-7-18(10-11)25(21,22)16-14(15(19)20)12-5-6-17-9-13(12)24-16/h11,17H,2-10H2,1H3,(H,19,20)/t11-/m1/s1. The Kier molecular flexibility index (Phi) is 5.79. The Balaban J connectivity index is 1.92. The lowest BCUT2D eigenvalue weighted by Crippen LogP contribution is -2.43. The Morgan fingerprint density at radius 1 is 1.48 bits per heavy atom. The van der Waals surface area contributed by atoms with Crippen molar-refractivity contribution in [3.05, 3.63) is 16.0 Å². The van der Waals surface area contributed by atoms with Crippen molar-refractivity contribution in [3.8, 4) is 0 Å². The zero-order valence-corrected chi connectivity index (χ0v) is 15.9. The van der Waals surface area contributed by atoms with Gasteiger partial charge in [-0.15, -0.1) is 11.3 Å². The molecule has 140 valence electrons. The summed E-state index contributed by atoms with van der Waals surface area (Å²) in [5.41, 5.74) is 0.642. The van der Waals surface area contributed by atoms with Crippen LogP contribution < -0.4 is 5.32 Å². The highest BCUT2D eigenvalue weighted by atomic mass is 32.2. The maximum atomic E-state index is 13.1. The summed E-state index contributed by atoms with van der Waals surface area (Å²) in [6.45, 7) is 4.52. The molecule has 1 aromatic rings. The molecule has 0 spiro atoms. The summed E-state index contributed by atoms with van der Waals surface area (Å²) in [7, 11) is -3.83. The maximum absolute atomic E-state index is 13.1. The number of hydrogen-bond acceptors (Lipinski definition) is 6. The number of aromatic carboxylic acids is 1. The average molecular weight is 389 g/mol. The molecule has 2 N–H and O–H groups in total. The van der Waals surface area contributed by atoms with Gasteiger partial charge in [-0.25, -0.2) is 13.2 Å². The Morgan fingerprint density at radius 2 is 2.28 bits per heavy atom. The highest BCUT2D eigenvalue weighted by Gasteiger charge is 2.37. The molecule has 0 aliphatic carbocycles. The van der Waals surface area contributed by atoms with Gasteiger partial charge in [0, 0.05) is 31.1 Å². The van der Waals surface area contributed by atoms with Crippen LogP contribution in [-0.2, 0) is 27.7 Å². The molecule has 2 aliphatic heterocycles. The molecule has 0 unspecified atom stereocenters. The maximum Gasteiger partial charge on any atom is 0.338 e. The van der Waals surface area contributed by atoms with Gasteiger partial charge in [0.25, 0.3) is 10.0 Å². The van der Waals surface area contributed by atoms with E-state index in [9.17, 15) is 18.3 Å². The predicted octanol–water partition coefficient (Wildman–Crippen LogP) is 1.67. The van der Waals surface area contributed by atoms with Crippen molar-refractivity contribution in [2.75, 3.05) is 26.2 Å². The van der Waals surface area contributed by atoms with Crippen molar-refractivity contribution in [1.29, 1.82) is 0 Å². The monoisotopic (exact) mass is 388 g/mol. The van der Waals surface area contributed by atoms with Crippen LogP contribution in [0.25, 0.3) is 0 Å². The Hall–Kier alpha value is -1.00. The molecule has 7 nitrogen and oxygen atoms in total. The van der Waals surface area contributed by atoms with Crippen LogP contribution in [0.1, 0.15) is 47.0 Å². The van der Waals surface area contributed by atoms with Crippen molar-refractivity contribution in [2.24, 2.45) is 0 Å². The lowest BCUT2D eigenvalue weighted by molar-refractivity contribution is 0.0193. The van der Waals surface area contributed by atoms with Crippen LogP contribution >= 0.6 is 11.3 Å². The second-order valence-electron chi connectivity index (χ2n) is 6.40. The third-order valence-electron chi connectivity index (χ3n) is 4.58. The average Bonchev–Trinajstić information content (AvgIpc) is 3.01. The minimum absolute atomic E-state index is 0.0233. The number of carboxylic acid groups (broad SMARTS) is 1. The topological polar surface area (TPSA) is 95.9 Å². The molecule has 1 saturated heterocycles. The van der Waals surface area contributed by atoms with Gasteiger partial charge in [-0.2, -0.15) is 4.31 Å². The second kappa shape index (κ2) is 7.71. The molecule has 0 amide bonds. The van der Waals surface area contributed by atoms with Gasteiger partial charge in [-0.1, -0.05) is 6.92 Å². The van der Waals surface area contributed by atoms with Crippen molar-refractivity contribution in [3.63, 3.8) is 0 Å².